The van der Waals surface area contributed by atoms with E-state index in [-0.39, 0.29) is 5.54 Å². The number of hydrogen-bond acceptors (Lipinski definition) is 2. The minimum atomic E-state index is -0.0233. The number of hydrogen-bond donors (Lipinski definition) is 0. The summed E-state index contributed by atoms with van der Waals surface area (Å²) in [7, 11) is 1.99. The standard InChI is InChI=1S/C10H13Br2ClN2/c1-10(2,6-11)15(3)9-8(13)4-7(12)5-14-9/h4-5H,6H2,1-3H3. The molecule has 15 heavy (non-hydrogen) atoms. The maximum atomic E-state index is 6.14. The summed E-state index contributed by atoms with van der Waals surface area (Å²) in [5.74, 6) is 0.796. The molecule has 1 aromatic rings. The molecule has 0 radical (unpaired) electrons. The van der Waals surface area contributed by atoms with Crippen molar-refractivity contribution in [3.8, 4) is 0 Å². The highest BCUT2D eigenvalue weighted by Crippen LogP contribution is 2.30. The smallest absolute Gasteiger partial charge is 0.147 e. The maximum Gasteiger partial charge on any atom is 0.147 e. The fourth-order valence-corrected chi connectivity index (χ4v) is 2.16. The normalized spacial score (nSPS) is 11.6. The zero-order chi connectivity index (χ0) is 11.6. The minimum Gasteiger partial charge on any atom is -0.352 e. The minimum absolute atomic E-state index is 0.0233. The van der Waals surface area contributed by atoms with Crippen LogP contribution in [-0.2, 0) is 0 Å². The highest BCUT2D eigenvalue weighted by atomic mass is 79.9. The molecule has 0 aliphatic heterocycles. The molecule has 5 heteroatoms. The van der Waals surface area contributed by atoms with Crippen molar-refractivity contribution in [1.29, 1.82) is 0 Å². The molecule has 0 amide bonds. The van der Waals surface area contributed by atoms with E-state index < -0.39 is 0 Å². The molecule has 1 heterocycles. The summed E-state index contributed by atoms with van der Waals surface area (Å²) in [5.41, 5.74) is -0.0233. The van der Waals surface area contributed by atoms with E-state index >= 15 is 0 Å². The number of aromatic nitrogens is 1. The monoisotopic (exact) mass is 354 g/mol. The summed E-state index contributed by atoms with van der Waals surface area (Å²) in [6.07, 6.45) is 1.75. The van der Waals surface area contributed by atoms with Gasteiger partial charge in [-0.05, 0) is 35.8 Å². The lowest BCUT2D eigenvalue weighted by molar-refractivity contribution is 0.547. The van der Waals surface area contributed by atoms with Crippen LogP contribution in [-0.4, -0.2) is 22.9 Å². The van der Waals surface area contributed by atoms with E-state index in [1.165, 1.54) is 0 Å². The van der Waals surface area contributed by atoms with Gasteiger partial charge in [0.15, 0.2) is 0 Å². The second-order valence-electron chi connectivity index (χ2n) is 3.96. The predicted octanol–water partition coefficient (Wildman–Crippen LogP) is 4.11. The van der Waals surface area contributed by atoms with Crippen LogP contribution < -0.4 is 4.90 Å². The van der Waals surface area contributed by atoms with Crippen LogP contribution in [0.2, 0.25) is 5.02 Å². The van der Waals surface area contributed by atoms with E-state index in [1.54, 1.807) is 6.20 Å². The number of alkyl halides is 1. The first-order chi connectivity index (χ1) is 6.88. The van der Waals surface area contributed by atoms with Gasteiger partial charge in [0.25, 0.3) is 0 Å². The zero-order valence-corrected chi connectivity index (χ0v) is 12.8. The van der Waals surface area contributed by atoms with E-state index in [9.17, 15) is 0 Å². The molecule has 0 atom stereocenters. The van der Waals surface area contributed by atoms with E-state index in [2.05, 4.69) is 55.6 Å². The Hall–Kier alpha value is 0.200. The first-order valence-corrected chi connectivity index (χ1v) is 6.78. The number of halogens is 3. The molecule has 0 spiro atoms. The average molecular weight is 356 g/mol. The molecule has 0 fully saturated rings. The molecule has 1 aromatic heterocycles. The quantitative estimate of drug-likeness (QED) is 0.758. The van der Waals surface area contributed by atoms with Crippen LogP contribution in [0, 0.1) is 0 Å². The van der Waals surface area contributed by atoms with Crippen LogP contribution in [0.4, 0.5) is 5.82 Å². The van der Waals surface area contributed by atoms with Crippen molar-refractivity contribution in [2.24, 2.45) is 0 Å². The van der Waals surface area contributed by atoms with Gasteiger partial charge in [0.2, 0.25) is 0 Å². The summed E-state index contributed by atoms with van der Waals surface area (Å²) in [6, 6.07) is 1.85. The Bertz CT molecular complexity index is 355. The van der Waals surface area contributed by atoms with Gasteiger partial charge in [-0.25, -0.2) is 4.98 Å². The lowest BCUT2D eigenvalue weighted by atomic mass is 10.1. The van der Waals surface area contributed by atoms with Crippen LogP contribution in [0.3, 0.4) is 0 Å². The molecular formula is C10H13Br2ClN2. The lowest BCUT2D eigenvalue weighted by Gasteiger charge is -2.35. The molecule has 1 rings (SSSR count). The lowest BCUT2D eigenvalue weighted by Crippen LogP contribution is -2.43. The zero-order valence-electron chi connectivity index (χ0n) is 8.89. The van der Waals surface area contributed by atoms with Crippen molar-refractivity contribution < 1.29 is 0 Å². The van der Waals surface area contributed by atoms with E-state index in [0.29, 0.717) is 5.02 Å². The third kappa shape index (κ3) is 3.08. The fraction of sp³-hybridized carbons (Fsp3) is 0.500. The highest BCUT2D eigenvalue weighted by Gasteiger charge is 2.24. The fourth-order valence-electron chi connectivity index (χ4n) is 1.03. The van der Waals surface area contributed by atoms with Crippen LogP contribution >= 0.6 is 43.5 Å². The van der Waals surface area contributed by atoms with Gasteiger partial charge in [-0.3, -0.25) is 0 Å². The van der Waals surface area contributed by atoms with Gasteiger partial charge in [0.05, 0.1) is 5.02 Å². The summed E-state index contributed by atoms with van der Waals surface area (Å²) < 4.78 is 0.890. The SMILES string of the molecule is CN(c1ncc(Br)cc1Cl)C(C)(C)CBr. The molecule has 0 aromatic carbocycles. The van der Waals surface area contributed by atoms with Crippen molar-refractivity contribution in [3.63, 3.8) is 0 Å². The third-order valence-corrected chi connectivity index (χ3v) is 4.43. The number of rotatable bonds is 3. The van der Waals surface area contributed by atoms with Crippen LogP contribution in [0.5, 0.6) is 0 Å². The second-order valence-corrected chi connectivity index (χ2v) is 5.85. The first kappa shape index (κ1) is 13.3. The van der Waals surface area contributed by atoms with Crippen LogP contribution in [0.1, 0.15) is 13.8 Å². The number of anilines is 1. The molecule has 0 aliphatic rings. The van der Waals surface area contributed by atoms with Crippen molar-refractivity contribution in [3.05, 3.63) is 21.8 Å². The van der Waals surface area contributed by atoms with Gasteiger partial charge in [0, 0.05) is 28.6 Å². The molecule has 84 valence electrons. The summed E-state index contributed by atoms with van der Waals surface area (Å²) in [6.45, 7) is 4.25. The molecule has 0 saturated carbocycles. The summed E-state index contributed by atoms with van der Waals surface area (Å²) in [5, 5.41) is 1.51. The Balaban J connectivity index is 3.06. The van der Waals surface area contributed by atoms with Gasteiger partial charge < -0.3 is 4.90 Å². The van der Waals surface area contributed by atoms with Crippen molar-refractivity contribution in [2.45, 2.75) is 19.4 Å². The Labute approximate surface area is 112 Å². The van der Waals surface area contributed by atoms with Crippen LogP contribution in [0.15, 0.2) is 16.7 Å². The topological polar surface area (TPSA) is 16.1 Å². The van der Waals surface area contributed by atoms with Gasteiger partial charge in [0.1, 0.15) is 5.82 Å². The third-order valence-electron chi connectivity index (χ3n) is 2.34. The van der Waals surface area contributed by atoms with Gasteiger partial charge in [-0.15, -0.1) is 0 Å². The molecule has 0 unspecified atom stereocenters. The van der Waals surface area contributed by atoms with Crippen molar-refractivity contribution in [1.82, 2.24) is 4.98 Å². The van der Waals surface area contributed by atoms with Crippen molar-refractivity contribution >= 4 is 49.3 Å². The molecule has 2 nitrogen and oxygen atoms in total. The second kappa shape index (κ2) is 5.02. The van der Waals surface area contributed by atoms with E-state index in [0.717, 1.165) is 15.6 Å². The van der Waals surface area contributed by atoms with Gasteiger partial charge in [-0.2, -0.15) is 0 Å². The molecular weight excluding hydrogens is 343 g/mol. The predicted molar refractivity (Wildman–Crippen MR) is 73.2 cm³/mol. The van der Waals surface area contributed by atoms with Gasteiger partial charge >= 0.3 is 0 Å². The molecule has 0 bridgehead atoms. The average Bonchev–Trinajstić information content (AvgIpc) is 2.17. The van der Waals surface area contributed by atoms with Crippen LogP contribution in [0.25, 0.3) is 0 Å². The maximum absolute atomic E-state index is 6.14. The summed E-state index contributed by atoms with van der Waals surface area (Å²) >= 11 is 13.0. The van der Waals surface area contributed by atoms with Crippen molar-refractivity contribution in [2.75, 3.05) is 17.3 Å². The van der Waals surface area contributed by atoms with E-state index in [4.69, 9.17) is 11.6 Å². The first-order valence-electron chi connectivity index (χ1n) is 4.49. The van der Waals surface area contributed by atoms with E-state index in [1.807, 2.05) is 13.1 Å². The highest BCUT2D eigenvalue weighted by molar-refractivity contribution is 9.10. The largest absolute Gasteiger partial charge is 0.352 e. The number of pyridine rings is 1. The Morgan fingerprint density at radius 3 is 2.60 bits per heavy atom. The molecule has 0 N–H and O–H groups in total. The summed E-state index contributed by atoms with van der Waals surface area (Å²) in [4.78, 5) is 6.38. The Morgan fingerprint density at radius 1 is 1.53 bits per heavy atom. The Morgan fingerprint density at radius 2 is 2.13 bits per heavy atom. The Kier molecular flexibility index (Phi) is 4.44. The molecule has 0 aliphatic carbocycles. The number of nitrogens with zero attached hydrogens (tertiary/aromatic N) is 2. The molecule has 0 saturated heterocycles. The van der Waals surface area contributed by atoms with Gasteiger partial charge in [-0.1, -0.05) is 27.5 Å².